The Bertz CT molecular complexity index is 780. The molecule has 0 N–H and O–H groups in total. The highest BCUT2D eigenvalue weighted by atomic mass is 79.9. The Balaban J connectivity index is 1.91. The van der Waals surface area contributed by atoms with Crippen molar-refractivity contribution in [3.63, 3.8) is 0 Å². The molecule has 1 heterocycles. The van der Waals surface area contributed by atoms with Gasteiger partial charge in [-0.3, -0.25) is 4.68 Å². The van der Waals surface area contributed by atoms with Crippen molar-refractivity contribution in [1.29, 1.82) is 0 Å². The van der Waals surface area contributed by atoms with Crippen LogP contribution in [0.25, 0.3) is 10.9 Å². The lowest BCUT2D eigenvalue weighted by molar-refractivity contribution is 0.293. The number of hydrogen-bond acceptors (Lipinski definition) is 2. The molecular formula is C17H17BrN2O. The molecule has 3 rings (SSSR count). The standard InChI is InChI=1S/C17H17BrN2O/c1-3-12-6-4-5-7-17(12)21-11-16-14-10-13(18)8-9-15(14)19-20(16)2/h4-10H,3,11H2,1-2H3. The van der Waals surface area contributed by atoms with E-state index in [0.29, 0.717) is 6.61 Å². The van der Waals surface area contributed by atoms with Crippen molar-refractivity contribution in [2.45, 2.75) is 20.0 Å². The molecule has 0 fully saturated rings. The normalized spacial score (nSPS) is 11.0. The smallest absolute Gasteiger partial charge is 0.131 e. The van der Waals surface area contributed by atoms with Gasteiger partial charge in [0.1, 0.15) is 12.4 Å². The number of fused-ring (bicyclic) bond motifs is 1. The lowest BCUT2D eigenvalue weighted by Crippen LogP contribution is -2.04. The van der Waals surface area contributed by atoms with E-state index in [4.69, 9.17) is 4.74 Å². The van der Waals surface area contributed by atoms with Gasteiger partial charge in [-0.25, -0.2) is 0 Å². The van der Waals surface area contributed by atoms with Gasteiger partial charge in [-0.1, -0.05) is 41.1 Å². The number of aromatic nitrogens is 2. The van der Waals surface area contributed by atoms with Crippen LogP contribution in [-0.2, 0) is 20.1 Å². The lowest BCUT2D eigenvalue weighted by atomic mass is 10.1. The summed E-state index contributed by atoms with van der Waals surface area (Å²) in [5.41, 5.74) is 3.30. The number of ether oxygens (including phenoxy) is 1. The fourth-order valence-corrected chi connectivity index (χ4v) is 2.84. The molecule has 0 saturated carbocycles. The van der Waals surface area contributed by atoms with Gasteiger partial charge in [-0.15, -0.1) is 0 Å². The van der Waals surface area contributed by atoms with Crippen LogP contribution in [0.2, 0.25) is 0 Å². The van der Waals surface area contributed by atoms with E-state index in [0.717, 1.165) is 33.2 Å². The van der Waals surface area contributed by atoms with Gasteiger partial charge in [0, 0.05) is 16.9 Å². The number of rotatable bonds is 4. The molecule has 21 heavy (non-hydrogen) atoms. The molecule has 0 bridgehead atoms. The van der Waals surface area contributed by atoms with E-state index in [-0.39, 0.29) is 0 Å². The summed E-state index contributed by atoms with van der Waals surface area (Å²) in [7, 11) is 1.96. The average molecular weight is 345 g/mol. The monoisotopic (exact) mass is 344 g/mol. The summed E-state index contributed by atoms with van der Waals surface area (Å²) in [6.45, 7) is 2.65. The van der Waals surface area contributed by atoms with Crippen molar-refractivity contribution in [2.75, 3.05) is 0 Å². The number of halogens is 1. The number of para-hydroxylation sites is 1. The van der Waals surface area contributed by atoms with Gasteiger partial charge in [0.05, 0.1) is 11.2 Å². The third kappa shape index (κ3) is 2.81. The predicted octanol–water partition coefficient (Wildman–Crippen LogP) is 4.48. The number of benzene rings is 2. The minimum Gasteiger partial charge on any atom is -0.487 e. The molecule has 0 spiro atoms. The molecule has 0 amide bonds. The molecule has 3 nitrogen and oxygen atoms in total. The van der Waals surface area contributed by atoms with Crippen LogP contribution in [0, 0.1) is 0 Å². The van der Waals surface area contributed by atoms with E-state index in [1.54, 1.807) is 0 Å². The van der Waals surface area contributed by atoms with Gasteiger partial charge in [-0.05, 0) is 36.2 Å². The molecular weight excluding hydrogens is 328 g/mol. The SMILES string of the molecule is CCc1ccccc1OCc1c2cc(Br)ccc2nn1C. The summed E-state index contributed by atoms with van der Waals surface area (Å²) in [4.78, 5) is 0. The quantitative estimate of drug-likeness (QED) is 0.697. The zero-order chi connectivity index (χ0) is 14.8. The molecule has 1 aromatic heterocycles. The first-order chi connectivity index (χ1) is 10.2. The van der Waals surface area contributed by atoms with Crippen LogP contribution in [0.5, 0.6) is 5.75 Å². The fraction of sp³-hybridized carbons (Fsp3) is 0.235. The maximum Gasteiger partial charge on any atom is 0.131 e. The van der Waals surface area contributed by atoms with Gasteiger partial charge in [0.15, 0.2) is 0 Å². The maximum atomic E-state index is 6.03. The summed E-state index contributed by atoms with van der Waals surface area (Å²) < 4.78 is 8.97. The van der Waals surface area contributed by atoms with E-state index in [9.17, 15) is 0 Å². The summed E-state index contributed by atoms with van der Waals surface area (Å²) >= 11 is 3.52. The highest BCUT2D eigenvalue weighted by Gasteiger charge is 2.11. The first-order valence-electron chi connectivity index (χ1n) is 7.01. The molecule has 3 aromatic rings. The lowest BCUT2D eigenvalue weighted by Gasteiger charge is -2.10. The number of aryl methyl sites for hydroxylation is 2. The van der Waals surface area contributed by atoms with Crippen molar-refractivity contribution in [1.82, 2.24) is 9.78 Å². The minimum atomic E-state index is 0.514. The Labute approximate surface area is 132 Å². The maximum absolute atomic E-state index is 6.03. The second-order valence-electron chi connectivity index (χ2n) is 4.98. The Morgan fingerprint density at radius 2 is 2.00 bits per heavy atom. The van der Waals surface area contributed by atoms with Crippen LogP contribution in [0.3, 0.4) is 0 Å². The summed E-state index contributed by atoms with van der Waals surface area (Å²) in [5.74, 6) is 0.948. The number of nitrogens with zero attached hydrogens (tertiary/aromatic N) is 2. The van der Waals surface area contributed by atoms with Gasteiger partial charge < -0.3 is 4.74 Å². The molecule has 0 unspecified atom stereocenters. The highest BCUT2D eigenvalue weighted by molar-refractivity contribution is 9.10. The summed E-state index contributed by atoms with van der Waals surface area (Å²) in [6, 6.07) is 14.3. The van der Waals surface area contributed by atoms with Crippen molar-refractivity contribution in [2.24, 2.45) is 7.05 Å². The van der Waals surface area contributed by atoms with Crippen molar-refractivity contribution in [3.05, 3.63) is 58.2 Å². The second-order valence-corrected chi connectivity index (χ2v) is 5.90. The first-order valence-corrected chi connectivity index (χ1v) is 7.80. The molecule has 0 saturated heterocycles. The zero-order valence-corrected chi connectivity index (χ0v) is 13.7. The van der Waals surface area contributed by atoms with Gasteiger partial charge in [-0.2, -0.15) is 5.10 Å². The van der Waals surface area contributed by atoms with Gasteiger partial charge in [0.2, 0.25) is 0 Å². The Kier molecular flexibility index (Phi) is 3.97. The summed E-state index contributed by atoms with van der Waals surface area (Å²) in [5, 5.41) is 5.65. The molecule has 4 heteroatoms. The molecule has 0 radical (unpaired) electrons. The summed E-state index contributed by atoms with van der Waals surface area (Å²) in [6.07, 6.45) is 0.966. The van der Waals surface area contributed by atoms with E-state index >= 15 is 0 Å². The van der Waals surface area contributed by atoms with Crippen molar-refractivity contribution in [3.8, 4) is 5.75 Å². The van der Waals surface area contributed by atoms with Crippen molar-refractivity contribution < 1.29 is 4.74 Å². The van der Waals surface area contributed by atoms with Crippen molar-refractivity contribution >= 4 is 26.8 Å². The van der Waals surface area contributed by atoms with Crippen LogP contribution in [-0.4, -0.2) is 9.78 Å². The predicted molar refractivity (Wildman–Crippen MR) is 88.6 cm³/mol. The minimum absolute atomic E-state index is 0.514. The molecule has 0 aliphatic rings. The van der Waals surface area contributed by atoms with Crippen LogP contribution >= 0.6 is 15.9 Å². The van der Waals surface area contributed by atoms with Crippen LogP contribution in [0.1, 0.15) is 18.2 Å². The van der Waals surface area contributed by atoms with Gasteiger partial charge in [0.25, 0.3) is 0 Å². The van der Waals surface area contributed by atoms with E-state index in [2.05, 4.69) is 40.1 Å². The van der Waals surface area contributed by atoms with E-state index in [1.165, 1.54) is 5.56 Å². The van der Waals surface area contributed by atoms with E-state index in [1.807, 2.05) is 42.1 Å². The number of hydrogen-bond donors (Lipinski definition) is 0. The molecule has 108 valence electrons. The molecule has 2 aromatic carbocycles. The molecule has 0 aliphatic heterocycles. The van der Waals surface area contributed by atoms with Crippen LogP contribution in [0.15, 0.2) is 46.9 Å². The Hall–Kier alpha value is -1.81. The Morgan fingerprint density at radius 1 is 1.19 bits per heavy atom. The topological polar surface area (TPSA) is 27.1 Å². The third-order valence-corrected chi connectivity index (χ3v) is 4.13. The van der Waals surface area contributed by atoms with Crippen LogP contribution in [0.4, 0.5) is 0 Å². The molecule has 0 aliphatic carbocycles. The first kappa shape index (κ1) is 14.1. The fourth-order valence-electron chi connectivity index (χ4n) is 2.48. The third-order valence-electron chi connectivity index (χ3n) is 3.64. The zero-order valence-electron chi connectivity index (χ0n) is 12.1. The largest absolute Gasteiger partial charge is 0.487 e. The van der Waals surface area contributed by atoms with Crippen LogP contribution < -0.4 is 4.74 Å². The second kappa shape index (κ2) is 5.90. The molecule has 0 atom stereocenters. The van der Waals surface area contributed by atoms with E-state index < -0.39 is 0 Å². The Morgan fingerprint density at radius 3 is 2.81 bits per heavy atom. The average Bonchev–Trinajstić information content (AvgIpc) is 2.80. The van der Waals surface area contributed by atoms with Gasteiger partial charge >= 0.3 is 0 Å². The highest BCUT2D eigenvalue weighted by Crippen LogP contribution is 2.25.